The van der Waals surface area contributed by atoms with Gasteiger partial charge in [0.05, 0.1) is 24.5 Å². The average molecular weight is 515 g/mol. The first-order chi connectivity index (χ1) is 14.2. The van der Waals surface area contributed by atoms with Crippen LogP contribution in [0.4, 0.5) is 0 Å². The van der Waals surface area contributed by atoms with E-state index in [1.165, 1.54) is 0 Å². The number of methoxy groups -OCH3 is 1. The number of rotatable bonds is 5. The second-order valence-electron chi connectivity index (χ2n) is 6.83. The monoisotopic (exact) mass is 515 g/mol. The van der Waals surface area contributed by atoms with Crippen molar-refractivity contribution in [1.82, 2.24) is 23.3 Å². The average Bonchev–Trinajstić information content (AvgIpc) is 3.40. The smallest absolute Gasteiger partial charge is 0.153 e. The second-order valence-corrected chi connectivity index (χ2v) is 8.51. The summed E-state index contributed by atoms with van der Waals surface area (Å²) in [5.41, 5.74) is 5.41. The lowest BCUT2D eigenvalue weighted by molar-refractivity contribution is 0.415. The van der Waals surface area contributed by atoms with Crippen LogP contribution in [0, 0.1) is 0 Å². The van der Waals surface area contributed by atoms with E-state index in [4.69, 9.17) is 9.72 Å². The normalized spacial score (nSPS) is 11.7. The number of benzene rings is 1. The Morgan fingerprint density at radius 3 is 2.86 bits per heavy atom. The summed E-state index contributed by atoms with van der Waals surface area (Å²) in [6, 6.07) is 8.40. The summed E-state index contributed by atoms with van der Waals surface area (Å²) in [5, 5.41) is 7.68. The van der Waals surface area contributed by atoms with Crippen molar-refractivity contribution < 1.29 is 4.74 Å². The number of hydrogen-bond acceptors (Lipinski definition) is 4. The molecular weight excluding hydrogens is 497 g/mol. The van der Waals surface area contributed by atoms with Crippen LogP contribution in [-0.4, -0.2) is 30.4 Å². The molecule has 0 saturated carbocycles. The van der Waals surface area contributed by atoms with Crippen molar-refractivity contribution >= 4 is 63.2 Å². The third kappa shape index (κ3) is 2.77. The molecule has 0 N–H and O–H groups in total. The van der Waals surface area contributed by atoms with Crippen LogP contribution in [0.2, 0.25) is 0 Å². The topological polar surface area (TPSA) is 49.8 Å². The lowest BCUT2D eigenvalue weighted by Crippen LogP contribution is -1.92. The Balaban J connectivity index is 1.87. The molecule has 0 aliphatic carbocycles. The van der Waals surface area contributed by atoms with Crippen LogP contribution in [0.3, 0.4) is 0 Å². The number of allylic oxidation sites excluding steroid dienone is 1. The maximum atomic E-state index is 5.49. The molecule has 0 unspecified atom stereocenters. The molecule has 0 saturated heterocycles. The van der Waals surface area contributed by atoms with Crippen LogP contribution in [0.25, 0.3) is 44.1 Å². The van der Waals surface area contributed by atoms with Gasteiger partial charge in [0, 0.05) is 83.5 Å². The van der Waals surface area contributed by atoms with Crippen molar-refractivity contribution in [3.8, 4) is 17.0 Å². The van der Waals surface area contributed by atoms with E-state index in [-0.39, 0.29) is 0 Å². The molecule has 4 heterocycles. The maximum Gasteiger partial charge on any atom is 0.153 e. The van der Waals surface area contributed by atoms with Gasteiger partial charge >= 0.3 is 0 Å². The van der Waals surface area contributed by atoms with Gasteiger partial charge in [-0.2, -0.15) is 5.10 Å². The molecule has 6 nitrogen and oxygen atoms in total. The van der Waals surface area contributed by atoms with Crippen molar-refractivity contribution in [3.63, 3.8) is 0 Å². The van der Waals surface area contributed by atoms with Crippen molar-refractivity contribution in [2.75, 3.05) is 7.11 Å². The molecule has 0 atom stereocenters. The molecular formula is C21H18IN5OS. The van der Waals surface area contributed by atoms with Crippen LogP contribution in [0.15, 0.2) is 55.5 Å². The van der Waals surface area contributed by atoms with Gasteiger partial charge in [0.1, 0.15) is 5.75 Å². The standard InChI is InChI=1S/C21H18IN5OS/c1-4-7-26-12-17(15-8-14(28-3)5-6-18(15)26)19-9-16-20-13(11-24-25(20)2)10-23-21(16)27(19)29-22/h4-6,8-12H,1,7H2,2-3H3. The summed E-state index contributed by atoms with van der Waals surface area (Å²) in [5.74, 6) is 0.840. The summed E-state index contributed by atoms with van der Waals surface area (Å²) in [6.45, 7) is 4.65. The molecule has 0 aliphatic rings. The minimum atomic E-state index is 0.741. The molecule has 0 aliphatic heterocycles. The van der Waals surface area contributed by atoms with Gasteiger partial charge in [-0.15, -0.1) is 6.58 Å². The Kier molecular flexibility index (Phi) is 4.54. The number of aryl methyl sites for hydroxylation is 1. The Bertz CT molecular complexity index is 1400. The van der Waals surface area contributed by atoms with E-state index < -0.39 is 0 Å². The predicted molar refractivity (Wildman–Crippen MR) is 129 cm³/mol. The fourth-order valence-corrected chi connectivity index (χ4v) is 5.58. The van der Waals surface area contributed by atoms with Gasteiger partial charge in [0.25, 0.3) is 0 Å². The molecule has 0 amide bonds. The van der Waals surface area contributed by atoms with Gasteiger partial charge in [-0.1, -0.05) is 6.08 Å². The molecule has 0 spiro atoms. The molecule has 0 fully saturated rings. The third-order valence-electron chi connectivity index (χ3n) is 5.24. The van der Waals surface area contributed by atoms with Crippen LogP contribution in [0.5, 0.6) is 5.75 Å². The number of fused-ring (bicyclic) bond motifs is 4. The van der Waals surface area contributed by atoms with Crippen molar-refractivity contribution in [1.29, 1.82) is 0 Å². The fourth-order valence-electron chi connectivity index (χ4n) is 3.94. The Morgan fingerprint density at radius 2 is 2.10 bits per heavy atom. The first-order valence-corrected chi connectivity index (χ1v) is 12.4. The molecule has 5 aromatic rings. The summed E-state index contributed by atoms with van der Waals surface area (Å²) in [4.78, 5) is 4.73. The largest absolute Gasteiger partial charge is 0.497 e. The molecule has 0 radical (unpaired) electrons. The number of ether oxygens (including phenoxy) is 1. The molecule has 5 rings (SSSR count). The number of halogens is 1. The van der Waals surface area contributed by atoms with Crippen LogP contribution < -0.4 is 4.74 Å². The summed E-state index contributed by atoms with van der Waals surface area (Å²) < 4.78 is 11.8. The fraction of sp³-hybridized carbons (Fsp3) is 0.143. The lowest BCUT2D eigenvalue weighted by Gasteiger charge is -2.05. The van der Waals surface area contributed by atoms with Gasteiger partial charge in [0.15, 0.2) is 5.65 Å². The van der Waals surface area contributed by atoms with Gasteiger partial charge in [-0.3, -0.25) is 8.65 Å². The number of nitrogens with zero attached hydrogens (tertiary/aromatic N) is 5. The highest BCUT2D eigenvalue weighted by Crippen LogP contribution is 2.40. The minimum Gasteiger partial charge on any atom is -0.497 e. The van der Waals surface area contributed by atoms with Gasteiger partial charge in [-0.25, -0.2) is 4.98 Å². The lowest BCUT2D eigenvalue weighted by atomic mass is 10.1. The van der Waals surface area contributed by atoms with Crippen LogP contribution in [-0.2, 0) is 13.6 Å². The van der Waals surface area contributed by atoms with E-state index in [0.717, 1.165) is 56.4 Å². The molecule has 4 aromatic heterocycles. The SMILES string of the molecule is C=CCn1cc(-c2cc3c4c(cnc3n2SI)cnn4C)c2cc(OC)ccc21. The van der Waals surface area contributed by atoms with Crippen LogP contribution >= 0.6 is 30.3 Å². The predicted octanol–water partition coefficient (Wildman–Crippen LogP) is 5.59. The zero-order chi connectivity index (χ0) is 20.1. The molecule has 29 heavy (non-hydrogen) atoms. The Morgan fingerprint density at radius 1 is 1.24 bits per heavy atom. The number of pyridine rings is 1. The van der Waals surface area contributed by atoms with E-state index in [2.05, 4.69) is 65.8 Å². The van der Waals surface area contributed by atoms with Crippen molar-refractivity contribution in [2.45, 2.75) is 6.54 Å². The second kappa shape index (κ2) is 7.10. The summed E-state index contributed by atoms with van der Waals surface area (Å²) in [6.07, 6.45) is 7.85. The van der Waals surface area contributed by atoms with E-state index in [1.54, 1.807) is 16.2 Å². The quantitative estimate of drug-likeness (QED) is 0.226. The maximum absolute atomic E-state index is 5.49. The molecule has 146 valence electrons. The van der Waals surface area contributed by atoms with Crippen molar-refractivity contribution in [3.05, 3.63) is 55.5 Å². The minimum absolute atomic E-state index is 0.741. The third-order valence-corrected chi connectivity index (χ3v) is 6.93. The van der Waals surface area contributed by atoms with E-state index >= 15 is 0 Å². The molecule has 1 aromatic carbocycles. The summed E-state index contributed by atoms with van der Waals surface area (Å²) >= 11 is 2.31. The van der Waals surface area contributed by atoms with E-state index in [1.807, 2.05) is 36.3 Å². The first kappa shape index (κ1) is 18.6. The highest BCUT2D eigenvalue weighted by Gasteiger charge is 2.20. The van der Waals surface area contributed by atoms with E-state index in [0.29, 0.717) is 0 Å². The summed E-state index contributed by atoms with van der Waals surface area (Å²) in [7, 11) is 5.28. The zero-order valence-electron chi connectivity index (χ0n) is 16.0. The molecule has 0 bridgehead atoms. The van der Waals surface area contributed by atoms with Crippen molar-refractivity contribution in [2.24, 2.45) is 7.05 Å². The highest BCUT2D eigenvalue weighted by atomic mass is 127. The zero-order valence-corrected chi connectivity index (χ0v) is 18.9. The number of aromatic nitrogens is 5. The van der Waals surface area contributed by atoms with Gasteiger partial charge < -0.3 is 9.30 Å². The Labute approximate surface area is 183 Å². The first-order valence-electron chi connectivity index (χ1n) is 9.05. The van der Waals surface area contributed by atoms with E-state index in [9.17, 15) is 0 Å². The highest BCUT2D eigenvalue weighted by molar-refractivity contribution is 14.2. The van der Waals surface area contributed by atoms with Gasteiger partial charge in [-0.05, 0) is 24.3 Å². The van der Waals surface area contributed by atoms with Gasteiger partial charge in [0.2, 0.25) is 0 Å². The van der Waals surface area contributed by atoms with Crippen LogP contribution in [0.1, 0.15) is 0 Å². The number of hydrogen-bond donors (Lipinski definition) is 0. The Hall–Kier alpha value is -2.46. The molecule has 8 heteroatoms.